The largest absolute Gasteiger partial charge is 0.476 e. The van der Waals surface area contributed by atoms with Gasteiger partial charge in [0.1, 0.15) is 5.82 Å². The van der Waals surface area contributed by atoms with Gasteiger partial charge in [-0.15, -0.1) is 5.10 Å². The number of pyridine rings is 1. The lowest BCUT2D eigenvalue weighted by atomic mass is 9.87. The summed E-state index contributed by atoms with van der Waals surface area (Å²) in [5, 5.41) is 24.6. The predicted molar refractivity (Wildman–Crippen MR) is 110 cm³/mol. The van der Waals surface area contributed by atoms with E-state index in [0.29, 0.717) is 36.7 Å². The van der Waals surface area contributed by atoms with Gasteiger partial charge in [0.2, 0.25) is 5.88 Å². The number of rotatable bonds is 6. The Morgan fingerprint density at radius 3 is 2.79 bits per heavy atom. The van der Waals surface area contributed by atoms with Crippen LogP contribution in [-0.2, 0) is 0 Å². The van der Waals surface area contributed by atoms with Gasteiger partial charge in [0.15, 0.2) is 0 Å². The number of hydrogen-bond donors (Lipinski definition) is 4. The normalized spacial score (nSPS) is 16.5. The van der Waals surface area contributed by atoms with Crippen LogP contribution in [0.1, 0.15) is 44.2 Å². The van der Waals surface area contributed by atoms with E-state index in [1.165, 1.54) is 0 Å². The summed E-state index contributed by atoms with van der Waals surface area (Å²) in [6.45, 7) is 2.39. The van der Waals surface area contributed by atoms with Gasteiger partial charge in [-0.05, 0) is 25.3 Å². The summed E-state index contributed by atoms with van der Waals surface area (Å²) in [6, 6.07) is 10.4. The summed E-state index contributed by atoms with van der Waals surface area (Å²) in [7, 11) is 0. The first-order chi connectivity index (χ1) is 14.1. The van der Waals surface area contributed by atoms with E-state index in [-0.39, 0.29) is 0 Å². The molecule has 0 spiro atoms. The van der Waals surface area contributed by atoms with Crippen LogP contribution in [-0.4, -0.2) is 38.5 Å². The maximum Gasteiger partial charge on any atom is 0.320 e. The molecule has 29 heavy (non-hydrogen) atoms. The molecule has 8 nitrogen and oxygen atoms in total. The molecule has 2 aromatic heterocycles. The Morgan fingerprint density at radius 1 is 1.31 bits per heavy atom. The minimum absolute atomic E-state index is 0.381. The number of amides is 2. The van der Waals surface area contributed by atoms with E-state index in [0.717, 1.165) is 23.8 Å². The highest BCUT2D eigenvalue weighted by molar-refractivity contribution is 5.92. The number of carbonyl (C=O) groups excluding carboxylic acids is 1. The summed E-state index contributed by atoms with van der Waals surface area (Å²) >= 11 is 0. The van der Waals surface area contributed by atoms with Crippen molar-refractivity contribution in [1.29, 1.82) is 0 Å². The summed E-state index contributed by atoms with van der Waals surface area (Å²) < 4.78 is 5.44. The number of anilines is 1. The Kier molecular flexibility index (Phi) is 5.35. The minimum atomic E-state index is -0.953. The zero-order valence-corrected chi connectivity index (χ0v) is 16.3. The lowest BCUT2D eigenvalue weighted by Gasteiger charge is -2.33. The second kappa shape index (κ2) is 8.08. The second-order valence-electron chi connectivity index (χ2n) is 7.33. The van der Waals surface area contributed by atoms with E-state index in [9.17, 15) is 9.90 Å². The van der Waals surface area contributed by atoms with E-state index in [1.54, 1.807) is 12.3 Å². The highest BCUT2D eigenvalue weighted by atomic mass is 16.5. The molecule has 8 heteroatoms. The molecule has 1 aliphatic rings. The number of urea groups is 1. The number of aromatic amines is 1. The highest BCUT2D eigenvalue weighted by Gasteiger charge is 2.41. The van der Waals surface area contributed by atoms with Crippen LogP contribution in [0.2, 0.25) is 0 Å². The smallest absolute Gasteiger partial charge is 0.320 e. The van der Waals surface area contributed by atoms with Crippen LogP contribution in [0.5, 0.6) is 5.88 Å². The highest BCUT2D eigenvalue weighted by Crippen LogP contribution is 2.39. The average Bonchev–Trinajstić information content (AvgIpc) is 3.34. The van der Waals surface area contributed by atoms with E-state index < -0.39 is 17.7 Å². The maximum atomic E-state index is 12.7. The Hall–Kier alpha value is -3.13. The Balaban J connectivity index is 1.51. The number of fused-ring (bicyclic) bond motifs is 1. The molecule has 0 radical (unpaired) electrons. The molecule has 2 heterocycles. The number of nitrogens with one attached hydrogen (secondary N) is 3. The van der Waals surface area contributed by atoms with Gasteiger partial charge in [-0.3, -0.25) is 10.4 Å². The predicted octanol–water partition coefficient (Wildman–Crippen LogP) is 3.52. The van der Waals surface area contributed by atoms with E-state index in [4.69, 9.17) is 4.74 Å². The Labute approximate surface area is 168 Å². The van der Waals surface area contributed by atoms with Crippen LogP contribution in [0.4, 0.5) is 10.6 Å². The number of hydrogen-bond acceptors (Lipinski definition) is 5. The second-order valence-corrected chi connectivity index (χ2v) is 7.33. The summed E-state index contributed by atoms with van der Waals surface area (Å²) in [4.78, 5) is 17.0. The quantitative estimate of drug-likeness (QED) is 0.510. The Bertz CT molecular complexity index is 982. The van der Waals surface area contributed by atoms with Gasteiger partial charge in [-0.2, -0.15) is 0 Å². The van der Waals surface area contributed by atoms with Crippen LogP contribution in [0.25, 0.3) is 10.9 Å². The average molecular weight is 395 g/mol. The summed E-state index contributed by atoms with van der Waals surface area (Å²) in [5.74, 6) is 0.866. The third-order valence-electron chi connectivity index (χ3n) is 5.35. The molecule has 4 rings (SSSR count). The number of aromatic nitrogens is 3. The molecule has 0 bridgehead atoms. The first-order valence-electron chi connectivity index (χ1n) is 9.91. The molecule has 4 N–H and O–H groups in total. The van der Waals surface area contributed by atoms with Gasteiger partial charge in [-0.1, -0.05) is 43.2 Å². The number of ether oxygens (including phenoxy) is 1. The van der Waals surface area contributed by atoms with E-state index in [1.807, 2.05) is 37.3 Å². The van der Waals surface area contributed by atoms with Crippen molar-refractivity contribution in [1.82, 2.24) is 20.5 Å². The molecule has 1 aromatic carbocycles. The van der Waals surface area contributed by atoms with Crippen molar-refractivity contribution in [2.75, 3.05) is 11.9 Å². The molecule has 2 amide bonds. The number of nitrogens with zero attached hydrogens (tertiary/aromatic N) is 2. The van der Waals surface area contributed by atoms with Crippen LogP contribution in [0, 0.1) is 0 Å². The molecular formula is C21H25N5O3. The van der Waals surface area contributed by atoms with Crippen LogP contribution >= 0.6 is 0 Å². The van der Waals surface area contributed by atoms with Crippen LogP contribution in [0.3, 0.4) is 0 Å². The molecule has 1 saturated carbocycles. The fourth-order valence-corrected chi connectivity index (χ4v) is 3.94. The molecular weight excluding hydrogens is 370 g/mol. The fraction of sp³-hybridized carbons (Fsp3) is 0.381. The van der Waals surface area contributed by atoms with Gasteiger partial charge in [-0.25, -0.2) is 9.78 Å². The van der Waals surface area contributed by atoms with Crippen molar-refractivity contribution in [3.8, 4) is 5.88 Å². The molecule has 1 atom stereocenters. The lowest BCUT2D eigenvalue weighted by Crippen LogP contribution is -2.45. The number of benzene rings is 1. The van der Waals surface area contributed by atoms with Crippen molar-refractivity contribution < 1.29 is 14.6 Å². The first-order valence-corrected chi connectivity index (χ1v) is 9.91. The zero-order chi connectivity index (χ0) is 20.3. The van der Waals surface area contributed by atoms with Crippen molar-refractivity contribution >= 4 is 22.8 Å². The zero-order valence-electron chi connectivity index (χ0n) is 16.3. The third-order valence-corrected chi connectivity index (χ3v) is 5.35. The van der Waals surface area contributed by atoms with Crippen molar-refractivity contribution in [3.63, 3.8) is 0 Å². The fourth-order valence-electron chi connectivity index (χ4n) is 3.94. The van der Waals surface area contributed by atoms with Crippen molar-refractivity contribution in [3.05, 3.63) is 48.2 Å². The SMILES string of the molecule is CCOc1n[nH]c2cc(NC(=O)NC(c3ccccc3)C3(O)CCCC3)ncc12. The van der Waals surface area contributed by atoms with Gasteiger partial charge in [0.05, 0.1) is 29.2 Å². The lowest BCUT2D eigenvalue weighted by molar-refractivity contribution is 0.0113. The molecule has 3 aromatic rings. The van der Waals surface area contributed by atoms with Crippen LogP contribution in [0.15, 0.2) is 42.6 Å². The van der Waals surface area contributed by atoms with Gasteiger partial charge in [0.25, 0.3) is 0 Å². The van der Waals surface area contributed by atoms with Gasteiger partial charge in [0, 0.05) is 12.3 Å². The van der Waals surface area contributed by atoms with Crippen molar-refractivity contribution in [2.45, 2.75) is 44.2 Å². The number of aliphatic hydroxyl groups is 1. The molecule has 1 fully saturated rings. The number of H-pyrrole nitrogens is 1. The molecule has 1 unspecified atom stereocenters. The van der Waals surface area contributed by atoms with Crippen LogP contribution < -0.4 is 15.4 Å². The molecule has 152 valence electrons. The Morgan fingerprint density at radius 2 is 2.07 bits per heavy atom. The minimum Gasteiger partial charge on any atom is -0.476 e. The summed E-state index contributed by atoms with van der Waals surface area (Å²) in [6.07, 6.45) is 4.82. The molecule has 1 aliphatic carbocycles. The standard InChI is InChI=1S/C21H25N5O3/c1-2-29-19-15-13-22-17(12-16(15)25-26-19)23-20(27)24-18(14-8-4-3-5-9-14)21(28)10-6-7-11-21/h3-5,8-9,12-13,18,28H,2,6-7,10-11H2,1H3,(H,25,26)(H2,22,23,24,27). The van der Waals surface area contributed by atoms with Gasteiger partial charge < -0.3 is 15.2 Å². The molecule has 0 aliphatic heterocycles. The monoisotopic (exact) mass is 395 g/mol. The summed E-state index contributed by atoms with van der Waals surface area (Å²) in [5.41, 5.74) is 0.643. The van der Waals surface area contributed by atoms with E-state index in [2.05, 4.69) is 25.8 Å². The first kappa shape index (κ1) is 19.2. The number of carbonyl (C=O) groups is 1. The maximum absolute atomic E-state index is 12.7. The van der Waals surface area contributed by atoms with Crippen molar-refractivity contribution in [2.24, 2.45) is 0 Å². The topological polar surface area (TPSA) is 112 Å². The van der Waals surface area contributed by atoms with Gasteiger partial charge >= 0.3 is 6.03 Å². The van der Waals surface area contributed by atoms with E-state index >= 15 is 0 Å². The molecule has 0 saturated heterocycles. The third kappa shape index (κ3) is 4.02.